The second kappa shape index (κ2) is 15.3. The molecule has 0 atom stereocenters. The van der Waals surface area contributed by atoms with E-state index in [9.17, 15) is 10.5 Å². The standard InChI is InChI=1S/C68H36N6S2/c69-37-51-65(71-53-25-9-1-17-39(53)40-18-2-10-26-54(40)71)52(38-70)67(74-58-30-14-6-22-44(58)48-36-64-50(34-60(48)74)46-24-8-16-32-62(46)76-64)68(72-55-27-11-3-19-41(55)42-20-4-12-28-56(42)72)66(51)73-57-29-13-5-21-43(57)47-35-63-49(33-59(47)73)45-23-7-15-31-61(45)75-63/h1-36H. The van der Waals surface area contributed by atoms with Gasteiger partial charge in [0, 0.05) is 83.4 Å². The van der Waals surface area contributed by atoms with Crippen molar-refractivity contribution in [1.82, 2.24) is 18.3 Å². The van der Waals surface area contributed by atoms with Gasteiger partial charge in [-0.2, -0.15) is 10.5 Å². The van der Waals surface area contributed by atoms with E-state index in [-0.39, 0.29) is 0 Å². The van der Waals surface area contributed by atoms with Gasteiger partial charge >= 0.3 is 0 Å². The molecule has 0 saturated carbocycles. The van der Waals surface area contributed by atoms with Crippen molar-refractivity contribution >= 4 is 150 Å². The maximum absolute atomic E-state index is 12.6. The van der Waals surface area contributed by atoms with Gasteiger partial charge in [0.25, 0.3) is 0 Å². The molecule has 76 heavy (non-hydrogen) atoms. The van der Waals surface area contributed by atoms with Gasteiger partial charge in [0.2, 0.25) is 0 Å². The van der Waals surface area contributed by atoms with Crippen LogP contribution in [0.5, 0.6) is 0 Å². The van der Waals surface area contributed by atoms with E-state index in [0.717, 1.165) is 104 Å². The largest absolute Gasteiger partial charge is 0.306 e. The van der Waals surface area contributed by atoms with Crippen LogP contribution >= 0.6 is 22.7 Å². The van der Waals surface area contributed by atoms with Crippen LogP contribution in [0, 0.1) is 22.7 Å². The van der Waals surface area contributed by atoms with Gasteiger partial charge in [0.05, 0.1) is 66.9 Å². The first kappa shape index (κ1) is 41.5. The third kappa shape index (κ3) is 5.35. The highest BCUT2D eigenvalue weighted by Crippen LogP contribution is 2.51. The van der Waals surface area contributed by atoms with E-state index in [1.807, 2.05) is 0 Å². The normalized spacial score (nSPS) is 12.2. The number of nitrogens with zero attached hydrogens (tertiary/aromatic N) is 6. The lowest BCUT2D eigenvalue weighted by atomic mass is 9.98. The van der Waals surface area contributed by atoms with Gasteiger partial charge < -0.3 is 18.3 Å². The van der Waals surface area contributed by atoms with Crippen LogP contribution in [0.2, 0.25) is 0 Å². The van der Waals surface area contributed by atoms with E-state index in [2.05, 4.69) is 249 Å². The lowest BCUT2D eigenvalue weighted by molar-refractivity contribution is 1.02. The SMILES string of the molecule is N#Cc1c(-n2c3ccccc3c3ccccc32)c(C#N)c(-n2c3ccccc3c3cc4sc5ccccc5c4cc32)c(-n2c3ccccc3c3ccccc32)c1-n1c2ccccc2c2cc3sc4ccccc4c3cc21. The molecule has 6 heterocycles. The molecule has 0 N–H and O–H groups in total. The van der Waals surface area contributed by atoms with Gasteiger partial charge in [-0.05, 0) is 72.8 Å². The van der Waals surface area contributed by atoms with Gasteiger partial charge in [-0.15, -0.1) is 22.7 Å². The summed E-state index contributed by atoms with van der Waals surface area (Å²) in [4.78, 5) is 0. The van der Waals surface area contributed by atoms with Gasteiger partial charge in [0.1, 0.15) is 23.3 Å². The predicted octanol–water partition coefficient (Wildman–Crippen LogP) is 18.6. The van der Waals surface area contributed by atoms with E-state index in [1.165, 1.54) is 29.6 Å². The molecule has 0 radical (unpaired) electrons. The summed E-state index contributed by atoms with van der Waals surface area (Å²) in [6.45, 7) is 0. The van der Waals surface area contributed by atoms with Crippen molar-refractivity contribution in [2.45, 2.75) is 0 Å². The van der Waals surface area contributed by atoms with Crippen molar-refractivity contribution in [1.29, 1.82) is 10.5 Å². The second-order valence-corrected chi connectivity index (χ2v) is 21.9. The molecule has 0 amide bonds. The van der Waals surface area contributed by atoms with Crippen LogP contribution in [0.4, 0.5) is 0 Å². The zero-order chi connectivity index (χ0) is 49.9. The molecule has 8 heteroatoms. The van der Waals surface area contributed by atoms with Crippen molar-refractivity contribution < 1.29 is 0 Å². The van der Waals surface area contributed by atoms with Crippen LogP contribution < -0.4 is 0 Å². The van der Waals surface area contributed by atoms with Crippen LogP contribution in [0.25, 0.3) is 150 Å². The first-order valence-electron chi connectivity index (χ1n) is 25.4. The Morgan fingerprint density at radius 3 is 0.855 bits per heavy atom. The minimum atomic E-state index is 0.383. The van der Waals surface area contributed by atoms with Crippen LogP contribution in [0.3, 0.4) is 0 Å². The molecule has 0 fully saturated rings. The lowest BCUT2D eigenvalue weighted by Gasteiger charge is -2.27. The Labute approximate surface area is 440 Å². The third-order valence-corrected chi connectivity index (χ3v) is 18.3. The molecular formula is C68H36N6S2. The molecule has 6 nitrogen and oxygen atoms in total. The molecule has 0 spiro atoms. The fraction of sp³-hybridized carbons (Fsp3) is 0. The smallest absolute Gasteiger partial charge is 0.104 e. The monoisotopic (exact) mass is 1000 g/mol. The van der Waals surface area contributed by atoms with Crippen LogP contribution in [0.15, 0.2) is 218 Å². The summed E-state index contributed by atoms with van der Waals surface area (Å²) in [6, 6.07) is 83.6. The van der Waals surface area contributed by atoms with Crippen LogP contribution in [-0.2, 0) is 0 Å². The van der Waals surface area contributed by atoms with E-state index in [0.29, 0.717) is 28.2 Å². The Hall–Kier alpha value is -9.96. The summed E-state index contributed by atoms with van der Waals surface area (Å²) in [7, 11) is 0. The number of rotatable bonds is 4. The highest BCUT2D eigenvalue weighted by atomic mass is 32.1. The molecule has 6 aromatic heterocycles. The third-order valence-electron chi connectivity index (χ3n) is 16.0. The Morgan fingerprint density at radius 2 is 0.513 bits per heavy atom. The molecule has 0 aliphatic rings. The first-order valence-corrected chi connectivity index (χ1v) is 27.0. The summed E-state index contributed by atoms with van der Waals surface area (Å²) < 4.78 is 14.1. The Morgan fingerprint density at radius 1 is 0.237 bits per heavy atom. The number of nitriles is 2. The highest BCUT2D eigenvalue weighted by Gasteiger charge is 2.35. The molecule has 11 aromatic carbocycles. The quantitative estimate of drug-likeness (QED) is 0.176. The zero-order valence-corrected chi connectivity index (χ0v) is 41.9. The number of fused-ring (bicyclic) bond motifs is 18. The molecule has 0 aliphatic heterocycles. The highest BCUT2D eigenvalue weighted by molar-refractivity contribution is 7.26. The number of para-hydroxylation sites is 6. The van der Waals surface area contributed by atoms with Crippen molar-refractivity contribution in [2.24, 2.45) is 0 Å². The van der Waals surface area contributed by atoms with Crippen molar-refractivity contribution in [3.05, 3.63) is 230 Å². The maximum atomic E-state index is 12.6. The van der Waals surface area contributed by atoms with Crippen molar-refractivity contribution in [2.75, 3.05) is 0 Å². The summed E-state index contributed by atoms with van der Waals surface area (Å²) >= 11 is 3.61. The Bertz CT molecular complexity index is 5190. The minimum Gasteiger partial charge on any atom is -0.306 e. The number of aromatic nitrogens is 4. The van der Waals surface area contributed by atoms with Gasteiger partial charge in [0.15, 0.2) is 0 Å². The average molecular weight is 1000 g/mol. The molecule has 17 rings (SSSR count). The molecule has 0 bridgehead atoms. The van der Waals surface area contributed by atoms with Crippen LogP contribution in [0.1, 0.15) is 11.1 Å². The molecule has 350 valence electrons. The molecule has 0 unspecified atom stereocenters. The number of hydrogen-bond acceptors (Lipinski definition) is 4. The van der Waals surface area contributed by atoms with E-state index >= 15 is 0 Å². The Kier molecular flexibility index (Phi) is 8.36. The molecular weight excluding hydrogens is 965 g/mol. The number of benzene rings is 11. The van der Waals surface area contributed by atoms with Gasteiger partial charge in [-0.25, -0.2) is 0 Å². The molecule has 0 aliphatic carbocycles. The Balaban J connectivity index is 1.20. The summed E-state index contributed by atoms with van der Waals surface area (Å²) in [5.74, 6) is 0. The van der Waals surface area contributed by atoms with Gasteiger partial charge in [-0.1, -0.05) is 146 Å². The average Bonchev–Trinajstić information content (AvgIpc) is 4.45. The molecule has 17 aromatic rings. The maximum Gasteiger partial charge on any atom is 0.104 e. The summed E-state index contributed by atoms with van der Waals surface area (Å²) in [6.07, 6.45) is 0. The molecule has 0 saturated heterocycles. The first-order chi connectivity index (χ1) is 37.7. The van der Waals surface area contributed by atoms with Crippen molar-refractivity contribution in [3.63, 3.8) is 0 Å². The fourth-order valence-corrected chi connectivity index (χ4v) is 15.2. The van der Waals surface area contributed by atoms with E-state index in [1.54, 1.807) is 22.7 Å². The second-order valence-electron chi connectivity index (χ2n) is 19.7. The van der Waals surface area contributed by atoms with Gasteiger partial charge in [-0.3, -0.25) is 0 Å². The lowest BCUT2D eigenvalue weighted by Crippen LogP contribution is -2.16. The van der Waals surface area contributed by atoms with E-state index in [4.69, 9.17) is 0 Å². The summed E-state index contributed by atoms with van der Waals surface area (Å²) in [5, 5.41) is 38.4. The van der Waals surface area contributed by atoms with Crippen molar-refractivity contribution in [3.8, 4) is 34.9 Å². The zero-order valence-electron chi connectivity index (χ0n) is 40.3. The minimum absolute atomic E-state index is 0.383. The number of hydrogen-bond donors (Lipinski definition) is 0. The van der Waals surface area contributed by atoms with E-state index < -0.39 is 0 Å². The topological polar surface area (TPSA) is 67.3 Å². The van der Waals surface area contributed by atoms with Crippen LogP contribution in [-0.4, -0.2) is 18.3 Å². The summed E-state index contributed by atoms with van der Waals surface area (Å²) in [5.41, 5.74) is 10.9. The number of thiophene rings is 2. The predicted molar refractivity (Wildman–Crippen MR) is 319 cm³/mol. The fourth-order valence-electron chi connectivity index (χ4n) is 13.0.